The van der Waals surface area contributed by atoms with Crippen LogP contribution in [0.25, 0.3) is 0 Å². The maximum Gasteiger partial charge on any atom is 0.243 e. The van der Waals surface area contributed by atoms with Gasteiger partial charge in [-0.25, -0.2) is 0 Å². The fraction of sp³-hybridized carbons (Fsp3) is 0.462. The van der Waals surface area contributed by atoms with Crippen molar-refractivity contribution < 1.29 is 14.3 Å². The van der Waals surface area contributed by atoms with Crippen molar-refractivity contribution in [2.24, 2.45) is 0 Å². The van der Waals surface area contributed by atoms with E-state index < -0.39 is 6.04 Å². The number of hydrogen-bond donors (Lipinski definition) is 1. The van der Waals surface area contributed by atoms with Crippen molar-refractivity contribution in [1.82, 2.24) is 10.2 Å². The zero-order chi connectivity index (χ0) is 23.8. The van der Waals surface area contributed by atoms with Gasteiger partial charge in [0.2, 0.25) is 11.8 Å². The van der Waals surface area contributed by atoms with E-state index in [9.17, 15) is 9.59 Å². The largest absolute Gasteiger partial charge is 0.497 e. The Labute approximate surface area is 206 Å². The Morgan fingerprint density at radius 3 is 2.39 bits per heavy atom. The number of methoxy groups -OCH3 is 1. The van der Waals surface area contributed by atoms with Gasteiger partial charge in [-0.15, -0.1) is 0 Å². The minimum absolute atomic E-state index is 0.0894. The fourth-order valence-electron chi connectivity index (χ4n) is 4.32. The molecular formula is C26H32Cl2N2O3. The van der Waals surface area contributed by atoms with Crippen LogP contribution in [0.15, 0.2) is 42.5 Å². The summed E-state index contributed by atoms with van der Waals surface area (Å²) in [7, 11) is 1.61. The van der Waals surface area contributed by atoms with Crippen molar-refractivity contribution in [3.63, 3.8) is 0 Å². The van der Waals surface area contributed by atoms with Crippen LogP contribution in [-0.4, -0.2) is 35.9 Å². The highest BCUT2D eigenvalue weighted by atomic mass is 35.5. The molecule has 0 aliphatic heterocycles. The van der Waals surface area contributed by atoms with Gasteiger partial charge in [0.05, 0.1) is 13.5 Å². The van der Waals surface area contributed by atoms with E-state index in [2.05, 4.69) is 5.32 Å². The van der Waals surface area contributed by atoms with E-state index in [-0.39, 0.29) is 24.3 Å². The number of amides is 2. The van der Waals surface area contributed by atoms with E-state index in [0.29, 0.717) is 28.6 Å². The molecule has 0 heterocycles. The SMILES string of the molecule is CC[C@H](C(=O)NC1CCCCC1)N(Cc1ccc(OC)cc1)C(=O)Cc1ccc(Cl)cc1Cl. The van der Waals surface area contributed by atoms with E-state index in [4.69, 9.17) is 27.9 Å². The van der Waals surface area contributed by atoms with Gasteiger partial charge in [0.25, 0.3) is 0 Å². The molecule has 1 atom stereocenters. The molecule has 178 valence electrons. The summed E-state index contributed by atoms with van der Waals surface area (Å²) in [6.45, 7) is 2.26. The maximum absolute atomic E-state index is 13.5. The minimum Gasteiger partial charge on any atom is -0.497 e. The highest BCUT2D eigenvalue weighted by Gasteiger charge is 2.30. The lowest BCUT2D eigenvalue weighted by Crippen LogP contribution is -2.52. The van der Waals surface area contributed by atoms with Gasteiger partial charge in [0.1, 0.15) is 11.8 Å². The van der Waals surface area contributed by atoms with Crippen LogP contribution >= 0.6 is 23.2 Å². The molecule has 3 rings (SSSR count). The maximum atomic E-state index is 13.5. The topological polar surface area (TPSA) is 58.6 Å². The van der Waals surface area contributed by atoms with Crippen molar-refractivity contribution >= 4 is 35.0 Å². The van der Waals surface area contributed by atoms with Crippen LogP contribution in [0.5, 0.6) is 5.75 Å². The number of hydrogen-bond acceptors (Lipinski definition) is 3. The van der Waals surface area contributed by atoms with Crippen LogP contribution in [0.2, 0.25) is 10.0 Å². The first-order valence-corrected chi connectivity index (χ1v) is 12.3. The van der Waals surface area contributed by atoms with Crippen molar-refractivity contribution in [2.45, 2.75) is 70.5 Å². The molecule has 0 unspecified atom stereocenters. The molecule has 5 nitrogen and oxygen atoms in total. The number of carbonyl (C=O) groups excluding carboxylic acids is 2. The second-order valence-electron chi connectivity index (χ2n) is 8.55. The second-order valence-corrected chi connectivity index (χ2v) is 9.39. The number of halogens is 2. The summed E-state index contributed by atoms with van der Waals surface area (Å²) in [5.74, 6) is 0.501. The molecule has 33 heavy (non-hydrogen) atoms. The van der Waals surface area contributed by atoms with E-state index >= 15 is 0 Å². The van der Waals surface area contributed by atoms with Crippen molar-refractivity contribution in [2.75, 3.05) is 7.11 Å². The molecule has 1 N–H and O–H groups in total. The highest BCUT2D eigenvalue weighted by Crippen LogP contribution is 2.24. The molecule has 2 aromatic carbocycles. The number of nitrogens with zero attached hydrogens (tertiary/aromatic N) is 1. The third-order valence-corrected chi connectivity index (χ3v) is 6.79. The van der Waals surface area contributed by atoms with Gasteiger partial charge >= 0.3 is 0 Å². The first-order chi connectivity index (χ1) is 15.9. The average molecular weight is 491 g/mol. The van der Waals surface area contributed by atoms with E-state index in [1.807, 2.05) is 31.2 Å². The van der Waals surface area contributed by atoms with E-state index in [1.54, 1.807) is 30.2 Å². The molecular weight excluding hydrogens is 459 g/mol. The highest BCUT2D eigenvalue weighted by molar-refractivity contribution is 6.35. The molecule has 1 aliphatic rings. The molecule has 7 heteroatoms. The summed E-state index contributed by atoms with van der Waals surface area (Å²) in [5.41, 5.74) is 1.61. The lowest BCUT2D eigenvalue weighted by atomic mass is 9.95. The lowest BCUT2D eigenvalue weighted by molar-refractivity contribution is -0.141. The lowest BCUT2D eigenvalue weighted by Gasteiger charge is -2.33. The van der Waals surface area contributed by atoms with Crippen molar-refractivity contribution in [1.29, 1.82) is 0 Å². The smallest absolute Gasteiger partial charge is 0.243 e. The van der Waals surface area contributed by atoms with Crippen LogP contribution in [0.1, 0.15) is 56.6 Å². The Morgan fingerprint density at radius 1 is 1.09 bits per heavy atom. The van der Waals surface area contributed by atoms with Crippen LogP contribution < -0.4 is 10.1 Å². The quantitative estimate of drug-likeness (QED) is 0.482. The first-order valence-electron chi connectivity index (χ1n) is 11.6. The van der Waals surface area contributed by atoms with E-state index in [0.717, 1.165) is 37.0 Å². The fourth-order valence-corrected chi connectivity index (χ4v) is 4.80. The summed E-state index contributed by atoms with van der Waals surface area (Å²) in [5, 5.41) is 4.16. The Kier molecular flexibility index (Phi) is 9.45. The molecule has 2 aromatic rings. The Balaban J connectivity index is 1.82. The molecule has 0 aromatic heterocycles. The zero-order valence-electron chi connectivity index (χ0n) is 19.3. The zero-order valence-corrected chi connectivity index (χ0v) is 20.8. The van der Waals surface area contributed by atoms with Crippen molar-refractivity contribution in [3.8, 4) is 5.75 Å². The molecule has 2 amide bonds. The third kappa shape index (κ3) is 7.12. The molecule has 0 bridgehead atoms. The van der Waals surface area contributed by atoms with Gasteiger partial charge in [-0.05, 0) is 54.7 Å². The van der Waals surface area contributed by atoms with E-state index in [1.165, 1.54) is 6.42 Å². The molecule has 0 saturated heterocycles. The standard InChI is InChI=1S/C26H32Cl2N2O3/c1-3-24(26(32)29-21-7-5-4-6-8-21)30(17-18-9-13-22(33-2)14-10-18)25(31)15-19-11-12-20(27)16-23(19)28/h9-14,16,21,24H,3-8,15,17H2,1-2H3,(H,29,32)/t24-/m1/s1. The Bertz CT molecular complexity index is 943. The van der Waals surface area contributed by atoms with Crippen LogP contribution in [-0.2, 0) is 22.6 Å². The number of rotatable bonds is 9. The number of carbonyl (C=O) groups is 2. The number of benzene rings is 2. The molecule has 1 saturated carbocycles. The minimum atomic E-state index is -0.562. The third-order valence-electron chi connectivity index (χ3n) is 6.21. The molecule has 1 fully saturated rings. The van der Waals surface area contributed by atoms with Crippen molar-refractivity contribution in [3.05, 3.63) is 63.6 Å². The first kappa shape index (κ1) is 25.4. The number of nitrogens with one attached hydrogen (secondary N) is 1. The van der Waals surface area contributed by atoms with Gasteiger partial charge in [0.15, 0.2) is 0 Å². The number of ether oxygens (including phenoxy) is 1. The predicted octanol–water partition coefficient (Wildman–Crippen LogP) is 5.80. The summed E-state index contributed by atoms with van der Waals surface area (Å²) in [6.07, 6.45) is 6.09. The molecule has 1 aliphatic carbocycles. The summed E-state index contributed by atoms with van der Waals surface area (Å²) < 4.78 is 5.24. The molecule has 0 spiro atoms. The molecule has 0 radical (unpaired) electrons. The van der Waals surface area contributed by atoms with Crippen LogP contribution in [0, 0.1) is 0 Å². The van der Waals surface area contributed by atoms with Gasteiger partial charge < -0.3 is 15.0 Å². The Morgan fingerprint density at radius 2 is 1.79 bits per heavy atom. The normalized spacial score (nSPS) is 15.0. The summed E-state index contributed by atoms with van der Waals surface area (Å²) >= 11 is 12.3. The van der Waals surface area contributed by atoms with Crippen LogP contribution in [0.4, 0.5) is 0 Å². The summed E-state index contributed by atoms with van der Waals surface area (Å²) in [4.78, 5) is 28.4. The van der Waals surface area contributed by atoms with Gasteiger partial charge in [-0.2, -0.15) is 0 Å². The predicted molar refractivity (Wildman–Crippen MR) is 133 cm³/mol. The Hall–Kier alpha value is -2.24. The van der Waals surface area contributed by atoms with Crippen LogP contribution in [0.3, 0.4) is 0 Å². The van der Waals surface area contributed by atoms with Gasteiger partial charge in [0, 0.05) is 22.6 Å². The monoisotopic (exact) mass is 490 g/mol. The van der Waals surface area contributed by atoms with Gasteiger partial charge in [-0.1, -0.05) is 67.6 Å². The van der Waals surface area contributed by atoms with Gasteiger partial charge in [-0.3, -0.25) is 9.59 Å². The average Bonchev–Trinajstić information content (AvgIpc) is 2.81. The summed E-state index contributed by atoms with van der Waals surface area (Å²) in [6, 6.07) is 12.3. The second kappa shape index (κ2) is 12.3.